The van der Waals surface area contributed by atoms with Crippen molar-refractivity contribution < 1.29 is 27.4 Å². The van der Waals surface area contributed by atoms with Gasteiger partial charge in [-0.15, -0.1) is 0 Å². The van der Waals surface area contributed by atoms with Gasteiger partial charge in [0.05, 0.1) is 11.3 Å². The number of nitrogens with one attached hydrogen (secondary N) is 1. The van der Waals surface area contributed by atoms with Gasteiger partial charge in [-0.3, -0.25) is 0 Å². The van der Waals surface area contributed by atoms with Crippen LogP contribution in [0.2, 0.25) is 0 Å². The van der Waals surface area contributed by atoms with Crippen molar-refractivity contribution in [2.45, 2.75) is 24.7 Å². The van der Waals surface area contributed by atoms with E-state index in [1.807, 2.05) is 6.92 Å². The average molecular weight is 394 g/mol. The van der Waals surface area contributed by atoms with Crippen LogP contribution in [-0.4, -0.2) is 30.4 Å². The second kappa shape index (κ2) is 8.49. The van der Waals surface area contributed by atoms with Gasteiger partial charge < -0.3 is 15.2 Å². The molecular formula is C17H18N2O7S. The normalized spacial score (nSPS) is 11.0. The molecule has 0 fully saturated rings. The molecule has 0 heterocycles. The topological polar surface area (TPSA) is 136 Å². The number of aromatic carboxylic acids is 1. The van der Waals surface area contributed by atoms with Crippen molar-refractivity contribution in [2.24, 2.45) is 0 Å². The number of unbranched alkanes of at least 4 members (excludes halogenated alkanes) is 1. The highest BCUT2D eigenvalue weighted by Crippen LogP contribution is 2.38. The van der Waals surface area contributed by atoms with E-state index in [9.17, 15) is 28.4 Å². The zero-order valence-corrected chi connectivity index (χ0v) is 15.2. The van der Waals surface area contributed by atoms with E-state index in [0.29, 0.717) is 6.54 Å². The summed E-state index contributed by atoms with van der Waals surface area (Å²) in [4.78, 5) is 21.6. The molecule has 0 unspecified atom stereocenters. The molecule has 2 rings (SSSR count). The maximum atomic E-state index is 12.2. The molecule has 0 aliphatic heterocycles. The van der Waals surface area contributed by atoms with Crippen LogP contribution in [0.15, 0.2) is 47.4 Å². The summed E-state index contributed by atoms with van der Waals surface area (Å²) in [6.45, 7) is 2.35. The highest BCUT2D eigenvalue weighted by Gasteiger charge is 2.34. The summed E-state index contributed by atoms with van der Waals surface area (Å²) >= 11 is 0. The van der Waals surface area contributed by atoms with Crippen molar-refractivity contribution in [1.82, 2.24) is 0 Å². The highest BCUT2D eigenvalue weighted by atomic mass is 32.2. The van der Waals surface area contributed by atoms with Crippen LogP contribution in [0.4, 0.5) is 5.69 Å². The van der Waals surface area contributed by atoms with Crippen molar-refractivity contribution in [2.75, 3.05) is 11.9 Å². The number of carboxylic acids is 1. The molecule has 2 N–H and O–H groups in total. The number of carboxylic acid groups (broad SMARTS) is 1. The molecule has 0 bridgehead atoms. The van der Waals surface area contributed by atoms with E-state index in [2.05, 4.69) is 5.32 Å². The first-order valence-corrected chi connectivity index (χ1v) is 9.49. The van der Waals surface area contributed by atoms with Gasteiger partial charge in [-0.1, -0.05) is 31.5 Å². The molecule has 27 heavy (non-hydrogen) atoms. The first-order valence-electron chi connectivity index (χ1n) is 8.05. The van der Waals surface area contributed by atoms with Crippen LogP contribution in [0, 0.1) is 10.1 Å². The SMILES string of the molecule is CCCCNc1cc(C(=O)O)cc(S(=O)(=O)[N+](=O)[O-])c1Oc1ccccc1. The van der Waals surface area contributed by atoms with Crippen LogP contribution in [0.3, 0.4) is 0 Å². The Bertz CT molecular complexity index is 943. The van der Waals surface area contributed by atoms with Crippen LogP contribution < -0.4 is 10.1 Å². The minimum atomic E-state index is -5.04. The Balaban J connectivity index is 2.69. The average Bonchev–Trinajstić information content (AvgIpc) is 2.63. The Kier molecular flexibility index (Phi) is 6.35. The fraction of sp³-hybridized carbons (Fsp3) is 0.235. The summed E-state index contributed by atoms with van der Waals surface area (Å²) in [5.74, 6) is -1.49. The molecule has 0 atom stereocenters. The Labute approximate surface area is 155 Å². The number of hydrogen-bond donors (Lipinski definition) is 2. The fourth-order valence-electron chi connectivity index (χ4n) is 2.24. The minimum absolute atomic E-state index is 0.0487. The van der Waals surface area contributed by atoms with Crippen molar-refractivity contribution in [3.05, 3.63) is 58.1 Å². The van der Waals surface area contributed by atoms with Crippen molar-refractivity contribution in [3.8, 4) is 11.5 Å². The number of ether oxygens (including phenoxy) is 1. The number of nitro groups is 1. The van der Waals surface area contributed by atoms with E-state index in [0.717, 1.165) is 18.9 Å². The number of anilines is 1. The summed E-state index contributed by atoms with van der Waals surface area (Å²) < 4.78 is 28.5. The van der Waals surface area contributed by atoms with Crippen LogP contribution in [0.5, 0.6) is 11.5 Å². The maximum absolute atomic E-state index is 12.2. The first kappa shape index (κ1) is 20.2. The molecule has 0 aliphatic rings. The predicted octanol–water partition coefficient (Wildman–Crippen LogP) is 3.35. The van der Waals surface area contributed by atoms with Crippen LogP contribution in [-0.2, 0) is 10.0 Å². The van der Waals surface area contributed by atoms with Gasteiger partial charge in [0, 0.05) is 6.54 Å². The van der Waals surface area contributed by atoms with Gasteiger partial charge in [-0.25, -0.2) is 14.9 Å². The van der Waals surface area contributed by atoms with Gasteiger partial charge in [-0.2, -0.15) is 8.42 Å². The Morgan fingerprint density at radius 3 is 2.48 bits per heavy atom. The van der Waals surface area contributed by atoms with Gasteiger partial charge in [-0.05, 0) is 30.7 Å². The van der Waals surface area contributed by atoms with Crippen LogP contribution in [0.1, 0.15) is 30.1 Å². The number of nitrogens with zero attached hydrogens (tertiary/aromatic N) is 1. The maximum Gasteiger partial charge on any atom is 0.452 e. The Morgan fingerprint density at radius 1 is 1.26 bits per heavy atom. The highest BCUT2D eigenvalue weighted by molar-refractivity contribution is 7.85. The molecule has 0 saturated heterocycles. The summed E-state index contributed by atoms with van der Waals surface area (Å²) in [6.07, 6.45) is 1.56. The van der Waals surface area contributed by atoms with Crippen molar-refractivity contribution in [1.29, 1.82) is 0 Å². The monoisotopic (exact) mass is 394 g/mol. The summed E-state index contributed by atoms with van der Waals surface area (Å²) in [5, 5.41) is 23.2. The second-order valence-electron chi connectivity index (χ2n) is 5.55. The molecule has 2 aromatic rings. The minimum Gasteiger partial charge on any atom is -0.478 e. The third-order valence-electron chi connectivity index (χ3n) is 3.58. The van der Waals surface area contributed by atoms with E-state index in [-0.39, 0.29) is 17.2 Å². The van der Waals surface area contributed by atoms with E-state index in [1.54, 1.807) is 30.3 Å². The number of sulfonamides is 1. The summed E-state index contributed by atoms with van der Waals surface area (Å²) in [5.41, 5.74) is -0.359. The first-order chi connectivity index (χ1) is 12.8. The number of benzene rings is 2. The van der Waals surface area contributed by atoms with Crippen LogP contribution >= 0.6 is 0 Å². The predicted molar refractivity (Wildman–Crippen MR) is 97.5 cm³/mol. The number of carbonyl (C=O) groups is 1. The van der Waals surface area contributed by atoms with Gasteiger partial charge in [0.1, 0.15) is 5.75 Å². The van der Waals surface area contributed by atoms with Gasteiger partial charge >= 0.3 is 16.0 Å². The van der Waals surface area contributed by atoms with Gasteiger partial charge in [0.15, 0.2) is 15.0 Å². The fourth-order valence-corrected chi connectivity index (χ4v) is 3.06. The van der Waals surface area contributed by atoms with E-state index in [4.69, 9.17) is 4.74 Å². The van der Waals surface area contributed by atoms with E-state index in [1.165, 1.54) is 6.07 Å². The lowest BCUT2D eigenvalue weighted by Gasteiger charge is -2.16. The largest absolute Gasteiger partial charge is 0.478 e. The zero-order valence-electron chi connectivity index (χ0n) is 14.4. The van der Waals surface area contributed by atoms with Crippen molar-refractivity contribution in [3.63, 3.8) is 0 Å². The zero-order chi connectivity index (χ0) is 20.0. The summed E-state index contributed by atoms with van der Waals surface area (Å²) in [6, 6.07) is 10.0. The standard InChI is InChI=1S/C17H18N2O7S/c1-2-3-9-18-14-10-12(17(20)21)11-15(27(24,25)19(22)23)16(14)26-13-7-5-4-6-8-13/h4-8,10-11,18H,2-3,9H2,1H3,(H,20,21). The van der Waals surface area contributed by atoms with Crippen molar-refractivity contribution >= 4 is 21.7 Å². The molecule has 2 aromatic carbocycles. The van der Waals surface area contributed by atoms with E-state index >= 15 is 0 Å². The smallest absolute Gasteiger partial charge is 0.452 e. The number of hydrogen-bond acceptors (Lipinski definition) is 7. The van der Waals surface area contributed by atoms with Gasteiger partial charge in [0.2, 0.25) is 0 Å². The lowest BCUT2D eigenvalue weighted by Crippen LogP contribution is -2.16. The number of rotatable bonds is 9. The molecule has 0 radical (unpaired) electrons. The van der Waals surface area contributed by atoms with Crippen LogP contribution in [0.25, 0.3) is 0 Å². The third kappa shape index (κ3) is 4.73. The number of para-hydroxylation sites is 1. The molecule has 0 spiro atoms. The molecule has 144 valence electrons. The molecule has 0 amide bonds. The lowest BCUT2D eigenvalue weighted by atomic mass is 10.1. The third-order valence-corrected chi connectivity index (χ3v) is 4.84. The van der Waals surface area contributed by atoms with E-state index < -0.39 is 30.8 Å². The quantitative estimate of drug-likeness (QED) is 0.375. The molecule has 0 aromatic heterocycles. The second-order valence-corrected chi connectivity index (χ2v) is 7.24. The molecule has 10 heteroatoms. The molecule has 0 saturated carbocycles. The van der Waals surface area contributed by atoms with Gasteiger partial charge in [0.25, 0.3) is 0 Å². The molecule has 9 nitrogen and oxygen atoms in total. The summed E-state index contributed by atoms with van der Waals surface area (Å²) in [7, 11) is -5.04. The Hall–Kier alpha value is -3.14. The molecule has 0 aliphatic carbocycles. The molecular weight excluding hydrogens is 376 g/mol. The lowest BCUT2D eigenvalue weighted by molar-refractivity contribution is -0.305. The Morgan fingerprint density at radius 2 is 1.93 bits per heavy atom.